The third kappa shape index (κ3) is 4.93. The molecule has 0 aliphatic carbocycles. The van der Waals surface area contributed by atoms with Crippen LogP contribution >= 0.6 is 0 Å². The molecule has 1 saturated heterocycles. The number of rotatable bonds is 8. The molecule has 1 atom stereocenters. The molecule has 2 N–H and O–H groups in total. The first-order chi connectivity index (χ1) is 11.7. The highest BCUT2D eigenvalue weighted by Crippen LogP contribution is 2.22. The van der Waals surface area contributed by atoms with Gasteiger partial charge >= 0.3 is 0 Å². The normalized spacial score (nSPS) is 17.5. The maximum atomic E-state index is 4.35. The van der Waals surface area contributed by atoms with E-state index in [1.165, 1.54) is 38.8 Å². The Morgan fingerprint density at radius 2 is 1.96 bits per heavy atom. The molecule has 0 radical (unpaired) electrons. The molecule has 1 aromatic heterocycles. The predicted octanol–water partition coefficient (Wildman–Crippen LogP) is 1.38. The number of guanidine groups is 1. The summed E-state index contributed by atoms with van der Waals surface area (Å²) in [7, 11) is 3.71. The van der Waals surface area contributed by atoms with Crippen LogP contribution in [0.2, 0.25) is 0 Å². The van der Waals surface area contributed by atoms with Gasteiger partial charge in [0.25, 0.3) is 0 Å². The molecule has 24 heavy (non-hydrogen) atoms. The molecule has 1 fully saturated rings. The molecule has 0 spiro atoms. The van der Waals surface area contributed by atoms with Crippen LogP contribution in [0.3, 0.4) is 0 Å². The van der Waals surface area contributed by atoms with Gasteiger partial charge in [0.1, 0.15) is 12.2 Å². The minimum Gasteiger partial charge on any atom is -0.355 e. The van der Waals surface area contributed by atoms with E-state index in [4.69, 9.17) is 0 Å². The average Bonchev–Trinajstić information content (AvgIpc) is 3.26. The minimum absolute atomic E-state index is 0.580. The topological polar surface area (TPSA) is 70.4 Å². The molecule has 1 aliphatic rings. The van der Waals surface area contributed by atoms with E-state index >= 15 is 0 Å². The first-order valence-electron chi connectivity index (χ1n) is 9.21. The highest BCUT2D eigenvalue weighted by molar-refractivity contribution is 5.79. The van der Waals surface area contributed by atoms with Crippen LogP contribution in [0, 0.1) is 5.92 Å². The fourth-order valence-corrected chi connectivity index (χ4v) is 3.56. The van der Waals surface area contributed by atoms with E-state index in [1.54, 1.807) is 11.0 Å². The zero-order chi connectivity index (χ0) is 17.4. The summed E-state index contributed by atoms with van der Waals surface area (Å²) in [6.45, 7) is 8.62. The summed E-state index contributed by atoms with van der Waals surface area (Å²) in [4.78, 5) is 11.2. The third-order valence-electron chi connectivity index (χ3n) is 5.12. The summed E-state index contributed by atoms with van der Waals surface area (Å²) < 4.78 is 1.78. The lowest BCUT2D eigenvalue weighted by Gasteiger charge is -2.34. The second-order valence-electron chi connectivity index (χ2n) is 6.49. The quantitative estimate of drug-likeness (QED) is 0.555. The summed E-state index contributed by atoms with van der Waals surface area (Å²) >= 11 is 0. The number of likely N-dealkylation sites (tertiary alicyclic amines) is 1. The van der Waals surface area contributed by atoms with Crippen molar-refractivity contribution in [3.05, 3.63) is 12.2 Å². The van der Waals surface area contributed by atoms with Gasteiger partial charge in [-0.15, -0.1) is 0 Å². The van der Waals surface area contributed by atoms with Crippen molar-refractivity contribution in [2.75, 3.05) is 26.7 Å². The second-order valence-corrected chi connectivity index (χ2v) is 6.49. The largest absolute Gasteiger partial charge is 0.355 e. The van der Waals surface area contributed by atoms with E-state index in [1.807, 2.05) is 14.1 Å². The molecule has 0 aromatic carbocycles. The van der Waals surface area contributed by atoms with Crippen LogP contribution < -0.4 is 10.6 Å². The van der Waals surface area contributed by atoms with Crippen molar-refractivity contribution in [1.29, 1.82) is 0 Å². The van der Waals surface area contributed by atoms with Crippen molar-refractivity contribution in [2.45, 2.75) is 52.1 Å². The van der Waals surface area contributed by atoms with Crippen LogP contribution in [0.25, 0.3) is 0 Å². The Morgan fingerprint density at radius 1 is 1.25 bits per heavy atom. The number of hydrogen-bond acceptors (Lipinski definition) is 4. The standard InChI is InChI=1S/C17H33N7/c1-5-14(6-2)15(24-9-7-8-10-24)11-19-17(18-3)20-12-16-21-13-22-23(16)4/h13-15H,5-12H2,1-4H3,(H2,18,19,20). The van der Waals surface area contributed by atoms with Crippen molar-refractivity contribution in [2.24, 2.45) is 18.0 Å². The number of aliphatic imine (C=N–C) groups is 1. The zero-order valence-electron chi connectivity index (χ0n) is 15.6. The van der Waals surface area contributed by atoms with E-state index in [0.717, 1.165) is 24.2 Å². The maximum Gasteiger partial charge on any atom is 0.191 e. The van der Waals surface area contributed by atoms with Gasteiger partial charge < -0.3 is 10.6 Å². The molecule has 7 nitrogen and oxygen atoms in total. The molecule has 7 heteroatoms. The molecule has 1 aliphatic heterocycles. The number of aryl methyl sites for hydroxylation is 1. The van der Waals surface area contributed by atoms with Gasteiger partial charge in [-0.05, 0) is 31.8 Å². The molecule has 2 heterocycles. The van der Waals surface area contributed by atoms with Gasteiger partial charge in [0.2, 0.25) is 0 Å². The van der Waals surface area contributed by atoms with E-state index in [-0.39, 0.29) is 0 Å². The summed E-state index contributed by atoms with van der Waals surface area (Å²) in [6, 6.07) is 0.580. The van der Waals surface area contributed by atoms with Gasteiger partial charge in [-0.3, -0.25) is 14.6 Å². The number of aromatic nitrogens is 3. The summed E-state index contributed by atoms with van der Waals surface area (Å²) in [6.07, 6.45) is 6.68. The number of nitrogens with one attached hydrogen (secondary N) is 2. The van der Waals surface area contributed by atoms with Crippen molar-refractivity contribution in [1.82, 2.24) is 30.3 Å². The van der Waals surface area contributed by atoms with Crippen molar-refractivity contribution in [3.63, 3.8) is 0 Å². The molecule has 1 unspecified atom stereocenters. The van der Waals surface area contributed by atoms with Crippen molar-refractivity contribution >= 4 is 5.96 Å². The van der Waals surface area contributed by atoms with Gasteiger partial charge in [-0.2, -0.15) is 5.10 Å². The summed E-state index contributed by atoms with van der Waals surface area (Å²) in [5.74, 6) is 2.45. The smallest absolute Gasteiger partial charge is 0.191 e. The first kappa shape index (κ1) is 18.7. The molecule has 0 bridgehead atoms. The monoisotopic (exact) mass is 335 g/mol. The number of hydrogen-bond donors (Lipinski definition) is 2. The molecular formula is C17H33N7. The van der Waals surface area contributed by atoms with E-state index in [0.29, 0.717) is 12.6 Å². The maximum absolute atomic E-state index is 4.35. The Kier molecular flexibility index (Phi) is 7.49. The van der Waals surface area contributed by atoms with Crippen LogP contribution in [0.15, 0.2) is 11.3 Å². The van der Waals surface area contributed by atoms with Crippen LogP contribution in [0.5, 0.6) is 0 Å². The Hall–Kier alpha value is -1.63. The van der Waals surface area contributed by atoms with Gasteiger partial charge in [0, 0.05) is 26.7 Å². The third-order valence-corrected chi connectivity index (χ3v) is 5.12. The second kappa shape index (κ2) is 9.61. The molecule has 0 saturated carbocycles. The summed E-state index contributed by atoms with van der Waals surface area (Å²) in [5, 5.41) is 10.9. The minimum atomic E-state index is 0.580. The van der Waals surface area contributed by atoms with E-state index in [2.05, 4.69) is 44.5 Å². The lowest BCUT2D eigenvalue weighted by atomic mass is 9.93. The van der Waals surface area contributed by atoms with Crippen LogP contribution in [-0.4, -0.2) is 58.3 Å². The van der Waals surface area contributed by atoms with Crippen molar-refractivity contribution in [3.8, 4) is 0 Å². The zero-order valence-corrected chi connectivity index (χ0v) is 15.6. The Balaban J connectivity index is 1.89. The highest BCUT2D eigenvalue weighted by atomic mass is 15.3. The fraction of sp³-hybridized carbons (Fsp3) is 0.824. The summed E-state index contributed by atoms with van der Waals surface area (Å²) in [5.41, 5.74) is 0. The lowest BCUT2D eigenvalue weighted by molar-refractivity contribution is 0.166. The molecule has 2 rings (SSSR count). The average molecular weight is 336 g/mol. The van der Waals surface area contributed by atoms with Gasteiger partial charge in [-0.1, -0.05) is 26.7 Å². The van der Waals surface area contributed by atoms with E-state index < -0.39 is 0 Å². The van der Waals surface area contributed by atoms with Gasteiger partial charge in [-0.25, -0.2) is 4.98 Å². The van der Waals surface area contributed by atoms with Gasteiger partial charge in [0.05, 0.1) is 6.54 Å². The lowest BCUT2D eigenvalue weighted by Crippen LogP contribution is -2.49. The van der Waals surface area contributed by atoms with E-state index in [9.17, 15) is 0 Å². The Labute approximate surface area is 145 Å². The first-order valence-corrected chi connectivity index (χ1v) is 9.21. The molecule has 136 valence electrons. The number of nitrogens with zero attached hydrogens (tertiary/aromatic N) is 5. The van der Waals surface area contributed by atoms with Crippen LogP contribution in [0.4, 0.5) is 0 Å². The van der Waals surface area contributed by atoms with Crippen LogP contribution in [0.1, 0.15) is 45.4 Å². The Morgan fingerprint density at radius 3 is 2.50 bits per heavy atom. The highest BCUT2D eigenvalue weighted by Gasteiger charge is 2.27. The molecule has 0 amide bonds. The van der Waals surface area contributed by atoms with Crippen molar-refractivity contribution < 1.29 is 0 Å². The van der Waals surface area contributed by atoms with Gasteiger partial charge in [0.15, 0.2) is 5.96 Å². The molecular weight excluding hydrogens is 302 g/mol. The van der Waals surface area contributed by atoms with Crippen LogP contribution in [-0.2, 0) is 13.6 Å². The SMILES string of the molecule is CCC(CC)C(CNC(=NC)NCc1ncnn1C)N1CCCC1. The Bertz CT molecular complexity index is 499. The predicted molar refractivity (Wildman–Crippen MR) is 97.9 cm³/mol. The molecule has 1 aromatic rings. The fourth-order valence-electron chi connectivity index (χ4n) is 3.56.